The van der Waals surface area contributed by atoms with Crippen molar-refractivity contribution in [2.24, 2.45) is 5.10 Å². The highest BCUT2D eigenvalue weighted by atomic mass is 15.3. The average Bonchev–Trinajstić information content (AvgIpc) is 2.65. The van der Waals surface area contributed by atoms with Crippen LogP contribution in [0, 0.1) is 0 Å². The second-order valence-corrected chi connectivity index (χ2v) is 6.77. The summed E-state index contributed by atoms with van der Waals surface area (Å²) < 4.78 is 0. The van der Waals surface area contributed by atoms with Crippen molar-refractivity contribution >= 4 is 5.71 Å². The average molecular weight is 320 g/mol. The van der Waals surface area contributed by atoms with Gasteiger partial charge in [0, 0.05) is 11.1 Å². The molecule has 1 N–H and O–H groups in total. The molecule has 1 heterocycles. The number of nitrogens with zero attached hydrogens (tertiary/aromatic N) is 1. The molecule has 0 unspecified atom stereocenters. The first-order chi connectivity index (χ1) is 11.8. The van der Waals surface area contributed by atoms with Crippen molar-refractivity contribution < 1.29 is 0 Å². The first-order valence-corrected chi connectivity index (χ1v) is 9.31. The molecule has 0 saturated heterocycles. The smallest absolute Gasteiger partial charge is 0.0977 e. The van der Waals surface area contributed by atoms with Crippen molar-refractivity contribution in [2.75, 3.05) is 0 Å². The predicted octanol–water partition coefficient (Wildman–Crippen LogP) is 5.62. The number of nitrogens with one attached hydrogen (secondary N) is 1. The van der Waals surface area contributed by atoms with Crippen LogP contribution in [0.1, 0.15) is 69.1 Å². The quantitative estimate of drug-likeness (QED) is 0.703. The highest BCUT2D eigenvalue weighted by Crippen LogP contribution is 2.38. The van der Waals surface area contributed by atoms with Crippen molar-refractivity contribution in [2.45, 2.75) is 57.9 Å². The summed E-state index contributed by atoms with van der Waals surface area (Å²) >= 11 is 0. The third kappa shape index (κ3) is 3.24. The molecule has 2 aromatic carbocycles. The molecule has 126 valence electrons. The van der Waals surface area contributed by atoms with Gasteiger partial charge in [0.1, 0.15) is 0 Å². The van der Waals surface area contributed by atoms with E-state index in [4.69, 9.17) is 5.10 Å². The van der Waals surface area contributed by atoms with E-state index in [2.05, 4.69) is 73.9 Å². The molecule has 3 rings (SSSR count). The van der Waals surface area contributed by atoms with Crippen LogP contribution >= 0.6 is 0 Å². The van der Waals surface area contributed by atoms with E-state index in [0.717, 1.165) is 18.6 Å². The molecule has 2 aromatic rings. The highest BCUT2D eigenvalue weighted by Gasteiger charge is 2.36. The minimum absolute atomic E-state index is 0.0130. The van der Waals surface area contributed by atoms with Crippen LogP contribution in [-0.4, -0.2) is 5.71 Å². The number of benzene rings is 2. The standard InChI is InChI=1S/C22H28N2/c1-3-5-16-22(17-6-4-2)20-15-11-10-14-19(20)21(23-24-22)18-12-8-7-9-13-18/h7-15,24H,3-6,16-17H2,1-2H3. The Morgan fingerprint density at radius 2 is 1.46 bits per heavy atom. The van der Waals surface area contributed by atoms with Gasteiger partial charge in [-0.3, -0.25) is 5.43 Å². The molecule has 0 bridgehead atoms. The van der Waals surface area contributed by atoms with Crippen molar-refractivity contribution in [3.63, 3.8) is 0 Å². The van der Waals surface area contributed by atoms with Gasteiger partial charge in [0.25, 0.3) is 0 Å². The maximum atomic E-state index is 4.87. The fraction of sp³-hybridized carbons (Fsp3) is 0.409. The van der Waals surface area contributed by atoms with Gasteiger partial charge in [0.05, 0.1) is 11.3 Å². The summed E-state index contributed by atoms with van der Waals surface area (Å²) in [6, 6.07) is 19.3. The predicted molar refractivity (Wildman–Crippen MR) is 102 cm³/mol. The maximum Gasteiger partial charge on any atom is 0.0977 e. The molecule has 1 aliphatic rings. The molecule has 2 heteroatoms. The fourth-order valence-corrected chi connectivity index (χ4v) is 3.67. The van der Waals surface area contributed by atoms with Gasteiger partial charge in [0.2, 0.25) is 0 Å². The summed E-state index contributed by atoms with van der Waals surface area (Å²) in [5, 5.41) is 4.87. The van der Waals surface area contributed by atoms with E-state index in [1.54, 1.807) is 0 Å². The van der Waals surface area contributed by atoms with Crippen molar-refractivity contribution in [1.82, 2.24) is 5.43 Å². The molecule has 0 spiro atoms. The van der Waals surface area contributed by atoms with Crippen molar-refractivity contribution in [1.29, 1.82) is 0 Å². The Kier molecular flexibility index (Phi) is 5.34. The molecule has 0 amide bonds. The fourth-order valence-electron chi connectivity index (χ4n) is 3.67. The van der Waals surface area contributed by atoms with Gasteiger partial charge in [-0.1, -0.05) is 94.1 Å². The third-order valence-electron chi connectivity index (χ3n) is 5.04. The number of unbranched alkanes of at least 4 members (excludes halogenated alkanes) is 2. The van der Waals surface area contributed by atoms with Gasteiger partial charge in [-0.2, -0.15) is 5.10 Å². The Bertz CT molecular complexity index is 680. The Hall–Kier alpha value is -2.09. The normalized spacial score (nSPS) is 15.3. The Morgan fingerprint density at radius 3 is 2.12 bits per heavy atom. The second-order valence-electron chi connectivity index (χ2n) is 6.77. The zero-order valence-electron chi connectivity index (χ0n) is 14.9. The van der Waals surface area contributed by atoms with E-state index in [-0.39, 0.29) is 5.54 Å². The topological polar surface area (TPSA) is 24.4 Å². The Morgan fingerprint density at radius 1 is 0.833 bits per heavy atom. The number of hydrogen-bond acceptors (Lipinski definition) is 2. The molecular formula is C22H28N2. The van der Waals surface area contributed by atoms with E-state index in [1.165, 1.54) is 42.4 Å². The van der Waals surface area contributed by atoms with Gasteiger partial charge < -0.3 is 0 Å². The Balaban J connectivity index is 2.05. The summed E-state index contributed by atoms with van der Waals surface area (Å²) in [5.41, 5.74) is 8.53. The van der Waals surface area contributed by atoms with Gasteiger partial charge >= 0.3 is 0 Å². The highest BCUT2D eigenvalue weighted by molar-refractivity contribution is 6.14. The van der Waals surface area contributed by atoms with Gasteiger partial charge in [-0.05, 0) is 18.4 Å². The molecule has 2 nitrogen and oxygen atoms in total. The van der Waals surface area contributed by atoms with E-state index in [0.29, 0.717) is 0 Å². The largest absolute Gasteiger partial charge is 0.299 e. The first-order valence-electron chi connectivity index (χ1n) is 9.31. The zero-order chi connectivity index (χ0) is 16.8. The van der Waals surface area contributed by atoms with Crippen molar-refractivity contribution in [3.05, 3.63) is 71.3 Å². The number of hydrazone groups is 1. The lowest BCUT2D eigenvalue weighted by Gasteiger charge is -2.39. The molecule has 0 aromatic heterocycles. The minimum Gasteiger partial charge on any atom is -0.299 e. The lowest BCUT2D eigenvalue weighted by molar-refractivity contribution is 0.271. The van der Waals surface area contributed by atoms with Crippen LogP contribution in [0.2, 0.25) is 0 Å². The summed E-state index contributed by atoms with van der Waals surface area (Å²) in [6.45, 7) is 4.53. The number of fused-ring (bicyclic) bond motifs is 1. The van der Waals surface area contributed by atoms with Crippen LogP contribution in [0.3, 0.4) is 0 Å². The van der Waals surface area contributed by atoms with Gasteiger partial charge in [-0.15, -0.1) is 0 Å². The van der Waals surface area contributed by atoms with Crippen LogP contribution < -0.4 is 5.43 Å². The van der Waals surface area contributed by atoms with Crippen LogP contribution in [0.15, 0.2) is 59.7 Å². The SMILES string of the molecule is CCCCC1(CCCC)NN=C(c2ccccc2)c2ccccc21. The van der Waals surface area contributed by atoms with E-state index in [1.807, 2.05) is 0 Å². The van der Waals surface area contributed by atoms with Crippen LogP contribution in [-0.2, 0) is 5.54 Å². The van der Waals surface area contributed by atoms with E-state index < -0.39 is 0 Å². The third-order valence-corrected chi connectivity index (χ3v) is 5.04. The van der Waals surface area contributed by atoms with E-state index in [9.17, 15) is 0 Å². The maximum absolute atomic E-state index is 4.87. The molecule has 0 radical (unpaired) electrons. The van der Waals surface area contributed by atoms with Crippen LogP contribution in [0.25, 0.3) is 0 Å². The molecule has 1 aliphatic heterocycles. The molecule has 0 fully saturated rings. The monoisotopic (exact) mass is 320 g/mol. The molecule has 0 aliphatic carbocycles. The zero-order valence-corrected chi connectivity index (χ0v) is 14.9. The Labute approximate surface area is 146 Å². The molecule has 24 heavy (non-hydrogen) atoms. The van der Waals surface area contributed by atoms with Crippen molar-refractivity contribution in [3.8, 4) is 0 Å². The summed E-state index contributed by atoms with van der Waals surface area (Å²) in [6.07, 6.45) is 7.17. The van der Waals surface area contributed by atoms with Gasteiger partial charge in [0.15, 0.2) is 0 Å². The summed E-state index contributed by atoms with van der Waals surface area (Å²) in [4.78, 5) is 0. The number of hydrogen-bond donors (Lipinski definition) is 1. The lowest BCUT2D eigenvalue weighted by Crippen LogP contribution is -2.44. The van der Waals surface area contributed by atoms with Crippen LogP contribution in [0.5, 0.6) is 0 Å². The molecule has 0 atom stereocenters. The van der Waals surface area contributed by atoms with Crippen LogP contribution in [0.4, 0.5) is 0 Å². The van der Waals surface area contributed by atoms with Gasteiger partial charge in [-0.25, -0.2) is 0 Å². The molecular weight excluding hydrogens is 292 g/mol. The second kappa shape index (κ2) is 7.65. The minimum atomic E-state index is -0.0130. The lowest BCUT2D eigenvalue weighted by atomic mass is 9.76. The summed E-state index contributed by atoms with van der Waals surface area (Å²) in [7, 11) is 0. The van der Waals surface area contributed by atoms with E-state index >= 15 is 0 Å². The number of rotatable bonds is 7. The first kappa shape index (κ1) is 16.8. The molecule has 0 saturated carbocycles. The summed E-state index contributed by atoms with van der Waals surface area (Å²) in [5.74, 6) is 0.